The van der Waals surface area contributed by atoms with Gasteiger partial charge in [0, 0.05) is 4.90 Å². The summed E-state index contributed by atoms with van der Waals surface area (Å²) >= 11 is 1.18. The Balaban J connectivity index is 2.51. The first-order valence-electron chi connectivity index (χ1n) is 5.79. The number of hydrogen-bond acceptors (Lipinski definition) is 6. The molecule has 0 saturated heterocycles. The molecular weight excluding hydrogens is 282 g/mol. The quantitative estimate of drug-likeness (QED) is 0.608. The summed E-state index contributed by atoms with van der Waals surface area (Å²) in [5, 5.41) is -0.854. The molecule has 7 heteroatoms. The fraction of sp³-hybridized carbons (Fsp3) is 0.308. The normalized spacial score (nSPS) is 20.8. The summed E-state index contributed by atoms with van der Waals surface area (Å²) < 4.78 is 9.41. The molecule has 20 heavy (non-hydrogen) atoms. The first-order valence-corrected chi connectivity index (χ1v) is 6.67. The Kier molecular flexibility index (Phi) is 4.29. The highest BCUT2D eigenvalue weighted by atomic mass is 32.2. The average molecular weight is 295 g/mol. The maximum Gasteiger partial charge on any atom is 0.330 e. The maximum atomic E-state index is 11.9. The molecular formula is C13H13NO5S. The molecule has 1 amide bonds. The van der Waals surface area contributed by atoms with Crippen molar-refractivity contribution < 1.29 is 23.9 Å². The molecule has 1 aromatic carbocycles. The standard InChI is InChI=1S/C13H13NO5S/c1-18-12(16)10-11(13(17)19-2)20-9-6-4-3-5-8(9)14(10)7-15/h3-7,10-11H,1-2H3/t10-,11-/m1/s1. The Labute approximate surface area is 120 Å². The van der Waals surface area contributed by atoms with Gasteiger partial charge in [0.25, 0.3) is 0 Å². The van der Waals surface area contributed by atoms with Crippen LogP contribution >= 0.6 is 11.8 Å². The van der Waals surface area contributed by atoms with Gasteiger partial charge < -0.3 is 9.47 Å². The number of rotatable bonds is 3. The van der Waals surface area contributed by atoms with Crippen LogP contribution in [0, 0.1) is 0 Å². The van der Waals surface area contributed by atoms with Crippen LogP contribution in [0.25, 0.3) is 0 Å². The van der Waals surface area contributed by atoms with E-state index in [0.717, 1.165) is 4.90 Å². The zero-order valence-corrected chi connectivity index (χ0v) is 11.8. The van der Waals surface area contributed by atoms with E-state index in [1.54, 1.807) is 24.3 Å². The van der Waals surface area contributed by atoms with Crippen molar-refractivity contribution in [3.8, 4) is 0 Å². The number of carbonyl (C=O) groups excluding carboxylic acids is 3. The van der Waals surface area contributed by atoms with E-state index >= 15 is 0 Å². The van der Waals surface area contributed by atoms with E-state index in [0.29, 0.717) is 12.1 Å². The van der Waals surface area contributed by atoms with Crippen LogP contribution in [0.2, 0.25) is 0 Å². The molecule has 2 rings (SSSR count). The molecule has 0 aliphatic carbocycles. The SMILES string of the molecule is COC(=O)[C@@H]1Sc2ccccc2N(C=O)[C@H]1C(=O)OC. The van der Waals surface area contributed by atoms with Gasteiger partial charge >= 0.3 is 11.9 Å². The first kappa shape index (κ1) is 14.4. The molecule has 1 aliphatic heterocycles. The highest BCUT2D eigenvalue weighted by molar-refractivity contribution is 8.01. The minimum atomic E-state index is -1.04. The van der Waals surface area contributed by atoms with Crippen LogP contribution in [0.15, 0.2) is 29.2 Å². The van der Waals surface area contributed by atoms with Crippen LogP contribution in [0.1, 0.15) is 0 Å². The predicted octanol–water partition coefficient (Wildman–Crippen LogP) is 0.838. The molecule has 0 radical (unpaired) electrons. The summed E-state index contributed by atoms with van der Waals surface area (Å²) in [5.74, 6) is -1.23. The zero-order valence-electron chi connectivity index (χ0n) is 10.9. The second-order valence-corrected chi connectivity index (χ2v) is 5.19. The van der Waals surface area contributed by atoms with Gasteiger partial charge in [-0.2, -0.15) is 0 Å². The Bertz CT molecular complexity index is 547. The van der Waals surface area contributed by atoms with Crippen molar-refractivity contribution in [2.24, 2.45) is 0 Å². The van der Waals surface area contributed by atoms with E-state index < -0.39 is 23.2 Å². The molecule has 0 fully saturated rings. The molecule has 106 valence electrons. The number of nitrogens with zero attached hydrogens (tertiary/aromatic N) is 1. The number of thioether (sulfide) groups is 1. The number of anilines is 1. The number of esters is 2. The molecule has 0 N–H and O–H groups in total. The minimum Gasteiger partial charge on any atom is -0.468 e. The molecule has 0 spiro atoms. The fourth-order valence-corrected chi connectivity index (χ4v) is 3.33. The molecule has 0 unspecified atom stereocenters. The van der Waals surface area contributed by atoms with E-state index in [2.05, 4.69) is 0 Å². The van der Waals surface area contributed by atoms with Crippen molar-refractivity contribution in [3.63, 3.8) is 0 Å². The van der Waals surface area contributed by atoms with Gasteiger partial charge in [-0.25, -0.2) is 4.79 Å². The smallest absolute Gasteiger partial charge is 0.330 e. The first-order chi connectivity index (χ1) is 9.63. The average Bonchev–Trinajstić information content (AvgIpc) is 2.51. The highest BCUT2D eigenvalue weighted by Gasteiger charge is 2.45. The Morgan fingerprint density at radius 3 is 2.45 bits per heavy atom. The van der Waals surface area contributed by atoms with E-state index in [1.807, 2.05) is 0 Å². The summed E-state index contributed by atoms with van der Waals surface area (Å²) in [5.41, 5.74) is 0.572. The van der Waals surface area contributed by atoms with Gasteiger partial charge in [-0.05, 0) is 12.1 Å². The Hall–Kier alpha value is -2.02. The molecule has 0 saturated carbocycles. The number of fused-ring (bicyclic) bond motifs is 1. The number of carbonyl (C=O) groups is 3. The van der Waals surface area contributed by atoms with Crippen LogP contribution in [-0.4, -0.2) is 43.9 Å². The Morgan fingerprint density at radius 2 is 1.85 bits per heavy atom. The van der Waals surface area contributed by atoms with Crippen molar-refractivity contribution in [2.75, 3.05) is 19.1 Å². The van der Waals surface area contributed by atoms with Gasteiger partial charge in [-0.15, -0.1) is 11.8 Å². The number of methoxy groups -OCH3 is 2. The van der Waals surface area contributed by atoms with E-state index in [9.17, 15) is 14.4 Å². The molecule has 1 aromatic rings. The van der Waals surface area contributed by atoms with Gasteiger partial charge in [0.15, 0.2) is 6.04 Å². The second kappa shape index (κ2) is 5.96. The lowest BCUT2D eigenvalue weighted by molar-refractivity contribution is -0.148. The van der Waals surface area contributed by atoms with Crippen molar-refractivity contribution in [1.82, 2.24) is 0 Å². The maximum absolute atomic E-state index is 11.9. The molecule has 1 heterocycles. The topological polar surface area (TPSA) is 72.9 Å². The molecule has 6 nitrogen and oxygen atoms in total. The van der Waals surface area contributed by atoms with Gasteiger partial charge in [0.2, 0.25) is 6.41 Å². The van der Waals surface area contributed by atoms with Gasteiger partial charge in [-0.3, -0.25) is 14.5 Å². The highest BCUT2D eigenvalue weighted by Crippen LogP contribution is 2.41. The van der Waals surface area contributed by atoms with E-state index in [1.165, 1.54) is 30.9 Å². The summed E-state index contributed by atoms with van der Waals surface area (Å²) in [6, 6.07) is 6.00. The Morgan fingerprint density at radius 1 is 1.20 bits per heavy atom. The fourth-order valence-electron chi connectivity index (χ4n) is 2.04. The summed E-state index contributed by atoms with van der Waals surface area (Å²) in [4.78, 5) is 37.1. The number of hydrogen-bond donors (Lipinski definition) is 0. The van der Waals surface area contributed by atoms with Crippen LogP contribution in [0.4, 0.5) is 5.69 Å². The molecule has 0 aromatic heterocycles. The van der Waals surface area contributed by atoms with Crippen LogP contribution in [0.3, 0.4) is 0 Å². The second-order valence-electron chi connectivity index (χ2n) is 4.01. The molecule has 2 atom stereocenters. The molecule has 0 bridgehead atoms. The number of ether oxygens (including phenoxy) is 2. The van der Waals surface area contributed by atoms with Crippen molar-refractivity contribution >= 4 is 35.8 Å². The van der Waals surface area contributed by atoms with Crippen LogP contribution < -0.4 is 4.90 Å². The summed E-state index contributed by atoms with van der Waals surface area (Å²) in [7, 11) is 2.45. The van der Waals surface area contributed by atoms with Crippen molar-refractivity contribution in [3.05, 3.63) is 24.3 Å². The lowest BCUT2D eigenvalue weighted by Crippen LogP contribution is -2.53. The van der Waals surface area contributed by atoms with Gasteiger partial charge in [0.05, 0.1) is 19.9 Å². The third-order valence-electron chi connectivity index (χ3n) is 2.97. The minimum absolute atomic E-state index is 0.524. The summed E-state index contributed by atoms with van der Waals surface area (Å²) in [6.07, 6.45) is 0.524. The van der Waals surface area contributed by atoms with Gasteiger partial charge in [0.1, 0.15) is 5.25 Å². The third kappa shape index (κ3) is 2.36. The van der Waals surface area contributed by atoms with Gasteiger partial charge in [-0.1, -0.05) is 12.1 Å². The summed E-state index contributed by atoms with van der Waals surface area (Å²) in [6.45, 7) is 0. The monoisotopic (exact) mass is 295 g/mol. The van der Waals surface area contributed by atoms with E-state index in [-0.39, 0.29) is 0 Å². The number of amides is 1. The zero-order chi connectivity index (χ0) is 14.7. The van der Waals surface area contributed by atoms with E-state index in [4.69, 9.17) is 9.47 Å². The van der Waals surface area contributed by atoms with Crippen LogP contribution in [-0.2, 0) is 23.9 Å². The molecule has 1 aliphatic rings. The number of para-hydroxylation sites is 1. The largest absolute Gasteiger partial charge is 0.468 e. The predicted molar refractivity (Wildman–Crippen MR) is 72.5 cm³/mol. The number of benzene rings is 1. The lowest BCUT2D eigenvalue weighted by Gasteiger charge is -2.36. The van der Waals surface area contributed by atoms with Crippen molar-refractivity contribution in [2.45, 2.75) is 16.2 Å². The lowest BCUT2D eigenvalue weighted by atomic mass is 10.1. The third-order valence-corrected chi connectivity index (χ3v) is 4.28. The van der Waals surface area contributed by atoms with Crippen LogP contribution in [0.5, 0.6) is 0 Å². The van der Waals surface area contributed by atoms with Crippen molar-refractivity contribution in [1.29, 1.82) is 0 Å².